The molecule has 1 aliphatic heterocycles. The van der Waals surface area contributed by atoms with E-state index in [-0.39, 0.29) is 0 Å². The van der Waals surface area contributed by atoms with Gasteiger partial charge in [0.05, 0.1) is 0 Å². The third-order valence-electron chi connectivity index (χ3n) is 2.91. The number of aryl methyl sites for hydroxylation is 1. The maximum atomic E-state index is 5.36. The lowest BCUT2D eigenvalue weighted by Gasteiger charge is -2.04. The van der Waals surface area contributed by atoms with Crippen molar-refractivity contribution in [3.8, 4) is 11.5 Å². The molecule has 0 atom stereocenters. The normalized spacial score (nSPS) is 12.6. The lowest BCUT2D eigenvalue weighted by Crippen LogP contribution is -2.15. The first-order valence-electron chi connectivity index (χ1n) is 6.48. The van der Waals surface area contributed by atoms with Crippen molar-refractivity contribution in [2.45, 2.75) is 26.7 Å². The maximum absolute atomic E-state index is 5.36. The van der Waals surface area contributed by atoms with Crippen LogP contribution in [0.25, 0.3) is 0 Å². The van der Waals surface area contributed by atoms with E-state index in [0.29, 0.717) is 6.79 Å². The van der Waals surface area contributed by atoms with Crippen molar-refractivity contribution in [1.29, 1.82) is 0 Å². The van der Waals surface area contributed by atoms with Crippen LogP contribution >= 0.6 is 0 Å². The van der Waals surface area contributed by atoms with Gasteiger partial charge in [-0.15, -0.1) is 0 Å². The zero-order chi connectivity index (χ0) is 12.8. The second-order valence-corrected chi connectivity index (χ2v) is 4.78. The summed E-state index contributed by atoms with van der Waals surface area (Å²) in [4.78, 5) is 0. The van der Waals surface area contributed by atoms with Gasteiger partial charge in [0.15, 0.2) is 11.5 Å². The number of rotatable bonds is 6. The third-order valence-corrected chi connectivity index (χ3v) is 2.91. The van der Waals surface area contributed by atoms with Crippen molar-refractivity contribution in [2.24, 2.45) is 0 Å². The van der Waals surface area contributed by atoms with Gasteiger partial charge in [0.1, 0.15) is 0 Å². The maximum Gasteiger partial charge on any atom is 0.231 e. The van der Waals surface area contributed by atoms with E-state index >= 15 is 0 Å². The average Bonchev–Trinajstić information content (AvgIpc) is 2.80. The van der Waals surface area contributed by atoms with Gasteiger partial charge in [0.2, 0.25) is 6.79 Å². The molecule has 2 rings (SSSR count). The Hall–Kier alpha value is -1.48. The molecule has 1 aromatic rings. The number of allylic oxidation sites excluding steroid dienone is 1. The SMILES string of the molecule is CC(C)=CCNCCCc1ccc2c(c1)OCO2. The zero-order valence-electron chi connectivity index (χ0n) is 11.2. The molecule has 1 heterocycles. The molecule has 0 saturated carbocycles. The summed E-state index contributed by atoms with van der Waals surface area (Å²) in [6.07, 6.45) is 4.41. The van der Waals surface area contributed by atoms with Crippen LogP contribution in [0.15, 0.2) is 29.8 Å². The first-order valence-corrected chi connectivity index (χ1v) is 6.48. The highest BCUT2D eigenvalue weighted by Gasteiger charge is 2.12. The number of ether oxygens (including phenoxy) is 2. The number of hydrogen-bond acceptors (Lipinski definition) is 3. The molecule has 18 heavy (non-hydrogen) atoms. The molecule has 3 heteroatoms. The van der Waals surface area contributed by atoms with Gasteiger partial charge in [-0.1, -0.05) is 17.7 Å². The minimum Gasteiger partial charge on any atom is -0.454 e. The van der Waals surface area contributed by atoms with Crippen LogP contribution in [0.1, 0.15) is 25.8 Å². The largest absolute Gasteiger partial charge is 0.454 e. The van der Waals surface area contributed by atoms with Crippen molar-refractivity contribution in [1.82, 2.24) is 5.32 Å². The smallest absolute Gasteiger partial charge is 0.231 e. The Bertz CT molecular complexity index is 423. The summed E-state index contributed by atoms with van der Waals surface area (Å²) in [7, 11) is 0. The quantitative estimate of drug-likeness (QED) is 0.619. The predicted octanol–water partition coefficient (Wildman–Crippen LogP) is 2.90. The Morgan fingerprint density at radius 2 is 2.11 bits per heavy atom. The molecule has 1 N–H and O–H groups in total. The van der Waals surface area contributed by atoms with Crippen molar-refractivity contribution >= 4 is 0 Å². The molecule has 0 spiro atoms. The van der Waals surface area contributed by atoms with Crippen molar-refractivity contribution in [3.05, 3.63) is 35.4 Å². The van der Waals surface area contributed by atoms with Crippen LogP contribution in [0, 0.1) is 0 Å². The Morgan fingerprint density at radius 3 is 2.94 bits per heavy atom. The van der Waals surface area contributed by atoms with Crippen LogP contribution in [-0.2, 0) is 6.42 Å². The second kappa shape index (κ2) is 6.45. The van der Waals surface area contributed by atoms with Gasteiger partial charge in [0, 0.05) is 6.54 Å². The van der Waals surface area contributed by atoms with Crippen molar-refractivity contribution in [3.63, 3.8) is 0 Å². The fourth-order valence-corrected chi connectivity index (χ4v) is 1.89. The fraction of sp³-hybridized carbons (Fsp3) is 0.467. The minimum atomic E-state index is 0.350. The molecule has 1 aromatic carbocycles. The van der Waals surface area contributed by atoms with E-state index in [0.717, 1.165) is 37.4 Å². The van der Waals surface area contributed by atoms with Gasteiger partial charge in [-0.25, -0.2) is 0 Å². The average molecular weight is 247 g/mol. The van der Waals surface area contributed by atoms with Gasteiger partial charge in [-0.05, 0) is 50.9 Å². The first-order chi connectivity index (χ1) is 8.75. The summed E-state index contributed by atoms with van der Waals surface area (Å²) in [6, 6.07) is 6.19. The number of nitrogens with one attached hydrogen (secondary N) is 1. The standard InChI is InChI=1S/C15H21NO2/c1-12(2)7-9-16-8-3-4-13-5-6-14-15(10-13)18-11-17-14/h5-7,10,16H,3-4,8-9,11H2,1-2H3. The molecule has 0 aromatic heterocycles. The highest BCUT2D eigenvalue weighted by atomic mass is 16.7. The van der Waals surface area contributed by atoms with Crippen LogP contribution in [0.3, 0.4) is 0 Å². The second-order valence-electron chi connectivity index (χ2n) is 4.78. The number of benzene rings is 1. The summed E-state index contributed by atoms with van der Waals surface area (Å²) in [5.41, 5.74) is 2.67. The van der Waals surface area contributed by atoms with E-state index in [1.54, 1.807) is 0 Å². The molecule has 0 saturated heterocycles. The first kappa shape index (κ1) is 13.0. The molecular weight excluding hydrogens is 226 g/mol. The molecular formula is C15H21NO2. The number of fused-ring (bicyclic) bond motifs is 1. The predicted molar refractivity (Wildman–Crippen MR) is 73.2 cm³/mol. The van der Waals surface area contributed by atoms with Gasteiger partial charge < -0.3 is 14.8 Å². The molecule has 98 valence electrons. The molecule has 0 bridgehead atoms. The molecule has 0 unspecified atom stereocenters. The Kier molecular flexibility index (Phi) is 4.65. The van der Waals surface area contributed by atoms with E-state index in [1.807, 2.05) is 6.07 Å². The van der Waals surface area contributed by atoms with E-state index in [4.69, 9.17) is 9.47 Å². The molecule has 1 aliphatic rings. The topological polar surface area (TPSA) is 30.5 Å². The summed E-state index contributed by atoms with van der Waals surface area (Å²) < 4.78 is 10.7. The summed E-state index contributed by atoms with van der Waals surface area (Å²) in [5.74, 6) is 1.74. The van der Waals surface area contributed by atoms with Gasteiger partial charge in [-0.2, -0.15) is 0 Å². The van der Waals surface area contributed by atoms with E-state index in [1.165, 1.54) is 11.1 Å². The van der Waals surface area contributed by atoms with Crippen LogP contribution in [0.4, 0.5) is 0 Å². The van der Waals surface area contributed by atoms with Gasteiger partial charge in [-0.3, -0.25) is 0 Å². The van der Waals surface area contributed by atoms with E-state index < -0.39 is 0 Å². The van der Waals surface area contributed by atoms with Gasteiger partial charge in [0.25, 0.3) is 0 Å². The molecule has 0 radical (unpaired) electrons. The molecule has 0 amide bonds. The minimum absolute atomic E-state index is 0.350. The highest BCUT2D eigenvalue weighted by molar-refractivity contribution is 5.44. The van der Waals surface area contributed by atoms with Crippen LogP contribution < -0.4 is 14.8 Å². The summed E-state index contributed by atoms with van der Waals surface area (Å²) in [6.45, 7) is 6.59. The van der Waals surface area contributed by atoms with Crippen LogP contribution in [0.5, 0.6) is 11.5 Å². The van der Waals surface area contributed by atoms with Crippen LogP contribution in [-0.4, -0.2) is 19.9 Å². The highest BCUT2D eigenvalue weighted by Crippen LogP contribution is 2.32. The van der Waals surface area contributed by atoms with Crippen molar-refractivity contribution in [2.75, 3.05) is 19.9 Å². The zero-order valence-corrected chi connectivity index (χ0v) is 11.2. The Balaban J connectivity index is 1.69. The molecule has 0 aliphatic carbocycles. The van der Waals surface area contributed by atoms with E-state index in [2.05, 4.69) is 37.4 Å². The molecule has 3 nitrogen and oxygen atoms in total. The lowest BCUT2D eigenvalue weighted by atomic mass is 10.1. The fourth-order valence-electron chi connectivity index (χ4n) is 1.89. The monoisotopic (exact) mass is 247 g/mol. The molecule has 0 fully saturated rings. The van der Waals surface area contributed by atoms with Gasteiger partial charge >= 0.3 is 0 Å². The van der Waals surface area contributed by atoms with E-state index in [9.17, 15) is 0 Å². The summed E-state index contributed by atoms with van der Waals surface area (Å²) >= 11 is 0. The summed E-state index contributed by atoms with van der Waals surface area (Å²) in [5, 5.41) is 3.41. The lowest BCUT2D eigenvalue weighted by molar-refractivity contribution is 0.174. The number of hydrogen-bond donors (Lipinski definition) is 1. The third kappa shape index (κ3) is 3.77. The van der Waals surface area contributed by atoms with Crippen molar-refractivity contribution < 1.29 is 9.47 Å². The Labute approximate surface area is 109 Å². The van der Waals surface area contributed by atoms with Crippen LogP contribution in [0.2, 0.25) is 0 Å². The Morgan fingerprint density at radius 1 is 1.28 bits per heavy atom.